The quantitative estimate of drug-likeness (QED) is 0.592. The number of rotatable bonds is 6. The number of ether oxygens (including phenoxy) is 3. The van der Waals surface area contributed by atoms with Crippen LogP contribution in [-0.2, 0) is 6.54 Å². The minimum absolute atomic E-state index is 0.0513. The number of benzene rings is 2. The molecule has 25 heavy (non-hydrogen) atoms. The predicted molar refractivity (Wildman–Crippen MR) is 92.3 cm³/mol. The van der Waals surface area contributed by atoms with E-state index >= 15 is 0 Å². The van der Waals surface area contributed by atoms with E-state index in [4.69, 9.17) is 14.2 Å². The summed E-state index contributed by atoms with van der Waals surface area (Å²) in [5.41, 5.74) is 0.812. The maximum atomic E-state index is 11.0. The SMILES string of the molecule is COc1ccc([N+](=O)[O-])cc1CN(C)C[C@@H]1COc2ccccc2O1. The molecule has 1 atom stereocenters. The first-order chi connectivity index (χ1) is 12.1. The third-order valence-corrected chi connectivity index (χ3v) is 4.00. The third kappa shape index (κ3) is 4.00. The van der Waals surface area contributed by atoms with Crippen molar-refractivity contribution in [3.05, 3.63) is 58.1 Å². The zero-order chi connectivity index (χ0) is 17.8. The Balaban J connectivity index is 1.66. The van der Waals surface area contributed by atoms with E-state index < -0.39 is 4.92 Å². The molecule has 1 aliphatic heterocycles. The number of nitrogens with zero attached hydrogens (tertiary/aromatic N) is 2. The Kier molecular flexibility index (Phi) is 5.04. The molecule has 132 valence electrons. The van der Waals surface area contributed by atoms with Crippen LogP contribution in [0, 0.1) is 10.1 Å². The molecule has 0 spiro atoms. The number of fused-ring (bicyclic) bond motifs is 1. The molecule has 7 nitrogen and oxygen atoms in total. The van der Waals surface area contributed by atoms with Crippen LogP contribution >= 0.6 is 0 Å². The fourth-order valence-electron chi connectivity index (χ4n) is 2.86. The molecule has 1 aliphatic rings. The fraction of sp³-hybridized carbons (Fsp3) is 0.333. The second kappa shape index (κ2) is 7.40. The third-order valence-electron chi connectivity index (χ3n) is 4.00. The molecule has 0 aromatic heterocycles. The molecule has 0 saturated carbocycles. The van der Waals surface area contributed by atoms with Gasteiger partial charge in [0.25, 0.3) is 5.69 Å². The number of hydrogen-bond acceptors (Lipinski definition) is 6. The minimum Gasteiger partial charge on any atom is -0.496 e. The number of nitro groups is 1. The van der Waals surface area contributed by atoms with E-state index in [0.717, 1.165) is 17.1 Å². The summed E-state index contributed by atoms with van der Waals surface area (Å²) >= 11 is 0. The molecule has 3 rings (SSSR count). The second-order valence-corrected chi connectivity index (χ2v) is 5.95. The lowest BCUT2D eigenvalue weighted by molar-refractivity contribution is -0.384. The topological polar surface area (TPSA) is 74.1 Å². The molecule has 7 heteroatoms. The zero-order valence-corrected chi connectivity index (χ0v) is 14.2. The van der Waals surface area contributed by atoms with E-state index in [1.807, 2.05) is 36.2 Å². The smallest absolute Gasteiger partial charge is 0.270 e. The Bertz CT molecular complexity index is 765. The first kappa shape index (κ1) is 17.0. The van der Waals surface area contributed by atoms with Gasteiger partial charge in [-0.1, -0.05) is 12.1 Å². The monoisotopic (exact) mass is 344 g/mol. The molecule has 0 bridgehead atoms. The number of hydrogen-bond donors (Lipinski definition) is 0. The highest BCUT2D eigenvalue weighted by Crippen LogP contribution is 2.31. The highest BCUT2D eigenvalue weighted by Gasteiger charge is 2.22. The summed E-state index contributed by atoms with van der Waals surface area (Å²) < 4.78 is 17.0. The van der Waals surface area contributed by atoms with Gasteiger partial charge in [-0.25, -0.2) is 0 Å². The van der Waals surface area contributed by atoms with Crippen LogP contribution in [0.5, 0.6) is 17.2 Å². The molecule has 0 aliphatic carbocycles. The van der Waals surface area contributed by atoms with E-state index in [1.54, 1.807) is 19.2 Å². The molecule has 0 amide bonds. The van der Waals surface area contributed by atoms with Gasteiger partial charge < -0.3 is 14.2 Å². The summed E-state index contributed by atoms with van der Waals surface area (Å²) in [6.45, 7) is 1.60. The highest BCUT2D eigenvalue weighted by atomic mass is 16.6. The van der Waals surface area contributed by atoms with Gasteiger partial charge in [0.15, 0.2) is 11.5 Å². The predicted octanol–water partition coefficient (Wildman–Crippen LogP) is 2.88. The zero-order valence-electron chi connectivity index (χ0n) is 14.2. The normalized spacial score (nSPS) is 15.9. The van der Waals surface area contributed by atoms with Gasteiger partial charge in [-0.15, -0.1) is 0 Å². The maximum absolute atomic E-state index is 11.0. The van der Waals surface area contributed by atoms with Crippen molar-refractivity contribution in [2.75, 3.05) is 27.3 Å². The molecule has 0 N–H and O–H groups in total. The number of para-hydroxylation sites is 2. The fourth-order valence-corrected chi connectivity index (χ4v) is 2.86. The molecule has 0 fully saturated rings. The summed E-state index contributed by atoms with van der Waals surface area (Å²) in [7, 11) is 3.49. The van der Waals surface area contributed by atoms with Crippen molar-refractivity contribution in [3.8, 4) is 17.2 Å². The number of nitro benzene ring substituents is 1. The van der Waals surface area contributed by atoms with Crippen molar-refractivity contribution in [3.63, 3.8) is 0 Å². The largest absolute Gasteiger partial charge is 0.496 e. The van der Waals surface area contributed by atoms with E-state index in [1.165, 1.54) is 6.07 Å². The number of likely N-dealkylation sites (N-methyl/N-ethyl adjacent to an activating group) is 1. The van der Waals surface area contributed by atoms with Gasteiger partial charge in [0.1, 0.15) is 18.5 Å². The van der Waals surface area contributed by atoms with Crippen molar-refractivity contribution < 1.29 is 19.1 Å². The van der Waals surface area contributed by atoms with Crippen LogP contribution in [0.25, 0.3) is 0 Å². The highest BCUT2D eigenvalue weighted by molar-refractivity contribution is 5.44. The Morgan fingerprint density at radius 2 is 2.04 bits per heavy atom. The van der Waals surface area contributed by atoms with Crippen LogP contribution in [0.1, 0.15) is 5.56 Å². The van der Waals surface area contributed by atoms with Crippen molar-refractivity contribution in [1.29, 1.82) is 0 Å². The van der Waals surface area contributed by atoms with Crippen molar-refractivity contribution in [1.82, 2.24) is 4.90 Å². The van der Waals surface area contributed by atoms with Gasteiger partial charge in [-0.2, -0.15) is 0 Å². The number of non-ortho nitro benzene ring substituents is 1. The van der Waals surface area contributed by atoms with Crippen molar-refractivity contribution >= 4 is 5.69 Å². The average Bonchev–Trinajstić information content (AvgIpc) is 2.61. The van der Waals surface area contributed by atoms with E-state index in [2.05, 4.69) is 0 Å². The van der Waals surface area contributed by atoms with Gasteiger partial charge in [-0.05, 0) is 25.2 Å². The molecule has 2 aromatic rings. The van der Waals surface area contributed by atoms with Crippen molar-refractivity contribution in [2.45, 2.75) is 12.6 Å². The average molecular weight is 344 g/mol. The summed E-state index contributed by atoms with van der Waals surface area (Å²) in [6, 6.07) is 12.2. The lowest BCUT2D eigenvalue weighted by Gasteiger charge is -2.29. The Hall–Kier alpha value is -2.80. The summed E-state index contributed by atoms with van der Waals surface area (Å²) in [6.07, 6.45) is -0.107. The molecule has 0 radical (unpaired) electrons. The van der Waals surface area contributed by atoms with Crippen LogP contribution < -0.4 is 14.2 Å². The van der Waals surface area contributed by atoms with Crippen molar-refractivity contribution in [2.24, 2.45) is 0 Å². The Labute approximate surface area is 145 Å². The summed E-state index contributed by atoms with van der Waals surface area (Å²) in [4.78, 5) is 12.6. The van der Waals surface area contributed by atoms with Gasteiger partial charge in [-0.3, -0.25) is 15.0 Å². The molecule has 0 saturated heterocycles. The van der Waals surface area contributed by atoms with Gasteiger partial charge in [0, 0.05) is 30.8 Å². The first-order valence-electron chi connectivity index (χ1n) is 7.95. The molecule has 2 aromatic carbocycles. The van der Waals surface area contributed by atoms with Gasteiger partial charge in [0.2, 0.25) is 0 Å². The first-order valence-corrected chi connectivity index (χ1v) is 7.95. The van der Waals surface area contributed by atoms with Crippen LogP contribution in [0.15, 0.2) is 42.5 Å². The molecule has 1 heterocycles. The molecule has 0 unspecified atom stereocenters. The Morgan fingerprint density at radius 3 is 2.76 bits per heavy atom. The Morgan fingerprint density at radius 1 is 1.28 bits per heavy atom. The van der Waals surface area contributed by atoms with Gasteiger partial charge >= 0.3 is 0 Å². The van der Waals surface area contributed by atoms with Gasteiger partial charge in [0.05, 0.1) is 12.0 Å². The minimum atomic E-state index is -0.405. The summed E-state index contributed by atoms with van der Waals surface area (Å²) in [5, 5.41) is 11.0. The lowest BCUT2D eigenvalue weighted by atomic mass is 10.1. The van der Waals surface area contributed by atoms with E-state index in [0.29, 0.717) is 25.4 Å². The van der Waals surface area contributed by atoms with E-state index in [-0.39, 0.29) is 11.8 Å². The molecular weight excluding hydrogens is 324 g/mol. The second-order valence-electron chi connectivity index (χ2n) is 5.95. The van der Waals surface area contributed by atoms with E-state index in [9.17, 15) is 10.1 Å². The van der Waals surface area contributed by atoms with Crippen LogP contribution in [0.2, 0.25) is 0 Å². The maximum Gasteiger partial charge on any atom is 0.270 e. The summed E-state index contributed by atoms with van der Waals surface area (Å²) in [5.74, 6) is 2.12. The lowest BCUT2D eigenvalue weighted by Crippen LogP contribution is -2.39. The number of methoxy groups -OCH3 is 1. The standard InChI is InChI=1S/C18H20N2O5/c1-19(10-13-9-14(20(21)22)7-8-16(13)23-2)11-15-12-24-17-5-3-4-6-18(17)25-15/h3-9,15H,10-12H2,1-2H3/t15-/m1/s1. The van der Waals surface area contributed by atoms with Crippen LogP contribution in [0.3, 0.4) is 0 Å². The van der Waals surface area contributed by atoms with Crippen LogP contribution in [0.4, 0.5) is 5.69 Å². The molecular formula is C18H20N2O5. The van der Waals surface area contributed by atoms with Crippen LogP contribution in [-0.4, -0.2) is 43.2 Å².